The summed E-state index contributed by atoms with van der Waals surface area (Å²) in [6, 6.07) is -0.260. The van der Waals surface area contributed by atoms with Gasteiger partial charge in [-0.3, -0.25) is 14.5 Å². The number of carboxylic acid groups (broad SMARTS) is 1. The Morgan fingerprint density at radius 2 is 2.08 bits per heavy atom. The molecule has 5 unspecified atom stereocenters. The van der Waals surface area contributed by atoms with Gasteiger partial charge < -0.3 is 5.11 Å². The number of hydrogen-bond acceptors (Lipinski definition) is 4. The zero-order valence-electron chi connectivity index (χ0n) is 14.5. The lowest BCUT2D eigenvalue weighted by molar-refractivity contribution is -0.144. The van der Waals surface area contributed by atoms with Crippen molar-refractivity contribution in [3.05, 3.63) is 23.3 Å². The average Bonchev–Trinajstić information content (AvgIpc) is 2.53. The summed E-state index contributed by atoms with van der Waals surface area (Å²) in [4.78, 5) is 25.1. The van der Waals surface area contributed by atoms with Crippen LogP contribution in [0.1, 0.15) is 39.5 Å². The quantitative estimate of drug-likeness (QED) is 0.426. The molecule has 25 heavy (non-hydrogen) atoms. The number of carboxylic acids is 1. The van der Waals surface area contributed by atoms with Crippen molar-refractivity contribution in [2.24, 2.45) is 5.92 Å². The fourth-order valence-electron chi connectivity index (χ4n) is 3.60. The number of carbonyl (C=O) groups excluding carboxylic acids is 1. The molecule has 2 aliphatic carbocycles. The lowest BCUT2D eigenvalue weighted by Crippen LogP contribution is -2.45. The van der Waals surface area contributed by atoms with E-state index >= 15 is 0 Å². The van der Waals surface area contributed by atoms with Crippen molar-refractivity contribution >= 4 is 24.4 Å². The third kappa shape index (κ3) is 4.91. The molecule has 5 atom stereocenters. The summed E-state index contributed by atoms with van der Waals surface area (Å²) in [6.45, 7) is 3.68. The van der Waals surface area contributed by atoms with Gasteiger partial charge in [0.15, 0.2) is 5.78 Å². The molecule has 0 fully saturated rings. The third-order valence-corrected chi connectivity index (χ3v) is 5.27. The van der Waals surface area contributed by atoms with Gasteiger partial charge in [-0.05, 0) is 45.6 Å². The molecule has 0 aliphatic heterocycles. The van der Waals surface area contributed by atoms with Crippen molar-refractivity contribution in [3.63, 3.8) is 0 Å². The van der Waals surface area contributed by atoms with Crippen molar-refractivity contribution in [2.45, 2.75) is 63.3 Å². The minimum Gasteiger partial charge on any atom is -0.481 e. The van der Waals surface area contributed by atoms with Crippen LogP contribution in [-0.2, 0) is 9.59 Å². The molecule has 7 heteroatoms. The Kier molecular flexibility index (Phi) is 6.79. The van der Waals surface area contributed by atoms with Gasteiger partial charge in [0.2, 0.25) is 0 Å². The van der Waals surface area contributed by atoms with Crippen LogP contribution >= 0.6 is 12.6 Å². The number of thiol groups is 1. The van der Waals surface area contributed by atoms with Crippen molar-refractivity contribution in [2.75, 3.05) is 6.54 Å². The summed E-state index contributed by atoms with van der Waals surface area (Å²) in [5.74, 6) is -2.34. The normalized spacial score (nSPS) is 31.3. The second-order valence-corrected chi connectivity index (χ2v) is 7.60. The van der Waals surface area contributed by atoms with Crippen LogP contribution in [0.5, 0.6) is 0 Å². The lowest BCUT2D eigenvalue weighted by Gasteiger charge is -2.39. The molecule has 140 valence electrons. The number of aliphatic carboxylic acids is 1. The molecule has 0 aromatic carbocycles. The fourth-order valence-corrected chi connectivity index (χ4v) is 3.85. The summed E-state index contributed by atoms with van der Waals surface area (Å²) in [7, 11) is 0. The number of allylic oxidation sites excluding steroid dienone is 2. The third-order valence-electron chi connectivity index (χ3n) is 4.98. The van der Waals surface area contributed by atoms with Crippen molar-refractivity contribution in [1.29, 1.82) is 0 Å². The van der Waals surface area contributed by atoms with Crippen LogP contribution in [0.2, 0.25) is 0 Å². The maximum absolute atomic E-state index is 13.8. The Balaban J connectivity index is 2.20. The summed E-state index contributed by atoms with van der Waals surface area (Å²) in [6.07, 6.45) is 1.68. The Morgan fingerprint density at radius 1 is 1.40 bits per heavy atom. The van der Waals surface area contributed by atoms with E-state index in [1.807, 2.05) is 11.8 Å². The SMILES string of the molecule is CC(=O)C1=CC(F)CCC1N(CC1=CCC(F)C(C(=O)O)C1)C(C)S. The molecule has 1 N–H and O–H groups in total. The number of hydrogen-bond donors (Lipinski definition) is 2. The number of carbonyl (C=O) groups is 2. The van der Waals surface area contributed by atoms with Gasteiger partial charge >= 0.3 is 5.97 Å². The Bertz CT molecular complexity index is 591. The number of Topliss-reactive ketones (excluding diaryl/α,β-unsaturated/α-hetero) is 1. The number of halogens is 2. The van der Waals surface area contributed by atoms with Crippen LogP contribution in [0.15, 0.2) is 23.3 Å². The maximum atomic E-state index is 13.8. The molecule has 0 aromatic rings. The first-order valence-electron chi connectivity index (χ1n) is 8.56. The highest BCUT2D eigenvalue weighted by Crippen LogP contribution is 2.32. The average molecular weight is 373 g/mol. The van der Waals surface area contributed by atoms with Gasteiger partial charge in [0, 0.05) is 18.2 Å². The first kappa shape index (κ1) is 20.1. The fraction of sp³-hybridized carbons (Fsp3) is 0.667. The highest BCUT2D eigenvalue weighted by atomic mass is 32.1. The predicted octanol–water partition coefficient (Wildman–Crippen LogP) is 3.34. The van der Waals surface area contributed by atoms with E-state index in [9.17, 15) is 23.5 Å². The van der Waals surface area contributed by atoms with Crippen molar-refractivity contribution in [1.82, 2.24) is 4.90 Å². The second-order valence-electron chi connectivity index (χ2n) is 6.85. The van der Waals surface area contributed by atoms with Gasteiger partial charge in [-0.1, -0.05) is 11.6 Å². The number of ketones is 1. The lowest BCUT2D eigenvalue weighted by atomic mass is 9.85. The summed E-state index contributed by atoms with van der Waals surface area (Å²) in [5.41, 5.74) is 1.27. The van der Waals surface area contributed by atoms with Crippen LogP contribution in [0, 0.1) is 5.92 Å². The molecule has 0 heterocycles. The van der Waals surface area contributed by atoms with Crippen LogP contribution in [0.3, 0.4) is 0 Å². The van der Waals surface area contributed by atoms with E-state index in [0.29, 0.717) is 25.0 Å². The predicted molar refractivity (Wildman–Crippen MR) is 95.2 cm³/mol. The van der Waals surface area contributed by atoms with Gasteiger partial charge in [0.1, 0.15) is 12.3 Å². The van der Waals surface area contributed by atoms with E-state index in [4.69, 9.17) is 0 Å². The van der Waals surface area contributed by atoms with Crippen LogP contribution in [0.4, 0.5) is 8.78 Å². The van der Waals surface area contributed by atoms with Crippen LogP contribution in [-0.4, -0.2) is 52.1 Å². The van der Waals surface area contributed by atoms with E-state index in [1.165, 1.54) is 13.0 Å². The number of nitrogens with zero attached hydrogens (tertiary/aromatic N) is 1. The molecule has 0 radical (unpaired) electrons. The molecule has 0 aromatic heterocycles. The van der Waals surface area contributed by atoms with E-state index in [0.717, 1.165) is 5.57 Å². The monoisotopic (exact) mass is 373 g/mol. The van der Waals surface area contributed by atoms with Crippen LogP contribution in [0.25, 0.3) is 0 Å². The zero-order chi connectivity index (χ0) is 18.7. The largest absolute Gasteiger partial charge is 0.481 e. The molecule has 2 rings (SSSR count). The molecule has 0 saturated carbocycles. The zero-order valence-corrected chi connectivity index (χ0v) is 15.4. The number of alkyl halides is 2. The van der Waals surface area contributed by atoms with Crippen LogP contribution < -0.4 is 0 Å². The molecule has 0 saturated heterocycles. The minimum atomic E-state index is -1.38. The van der Waals surface area contributed by atoms with Gasteiger partial charge in [-0.25, -0.2) is 8.78 Å². The van der Waals surface area contributed by atoms with Gasteiger partial charge in [0.05, 0.1) is 11.3 Å². The topological polar surface area (TPSA) is 57.6 Å². The molecule has 0 amide bonds. The summed E-state index contributed by atoms with van der Waals surface area (Å²) >= 11 is 4.49. The molecule has 0 spiro atoms. The molecule has 2 aliphatic rings. The van der Waals surface area contributed by atoms with Gasteiger partial charge in [-0.15, -0.1) is 0 Å². The first-order chi connectivity index (χ1) is 11.7. The Labute approximate surface area is 152 Å². The molecule has 0 bridgehead atoms. The van der Waals surface area contributed by atoms with E-state index < -0.39 is 24.2 Å². The van der Waals surface area contributed by atoms with E-state index in [-0.39, 0.29) is 30.0 Å². The summed E-state index contributed by atoms with van der Waals surface area (Å²) in [5, 5.41) is 8.96. The number of rotatable bonds is 6. The highest BCUT2D eigenvalue weighted by molar-refractivity contribution is 7.80. The molecular formula is C18H25F2NO3S. The Hall–Kier alpha value is -1.21. The summed E-state index contributed by atoms with van der Waals surface area (Å²) < 4.78 is 27.5. The molecular weight excluding hydrogens is 348 g/mol. The highest BCUT2D eigenvalue weighted by Gasteiger charge is 2.35. The van der Waals surface area contributed by atoms with E-state index in [2.05, 4.69) is 12.6 Å². The Morgan fingerprint density at radius 3 is 2.64 bits per heavy atom. The standard InChI is InChI=1S/C18H25F2NO3S/c1-10(22)14-8-13(19)4-6-17(14)21(11(2)25)9-12-3-5-16(20)15(7-12)18(23)24/h3,8,11,13,15-17,25H,4-7,9H2,1-2H3,(H,23,24). The maximum Gasteiger partial charge on any atom is 0.309 e. The van der Waals surface area contributed by atoms with Gasteiger partial charge in [-0.2, -0.15) is 12.6 Å². The van der Waals surface area contributed by atoms with Crippen molar-refractivity contribution < 1.29 is 23.5 Å². The first-order valence-corrected chi connectivity index (χ1v) is 9.07. The smallest absolute Gasteiger partial charge is 0.309 e. The molecule has 4 nitrogen and oxygen atoms in total. The van der Waals surface area contributed by atoms with Gasteiger partial charge in [0.25, 0.3) is 0 Å². The van der Waals surface area contributed by atoms with Crippen molar-refractivity contribution in [3.8, 4) is 0 Å². The second kappa shape index (κ2) is 8.45. The minimum absolute atomic E-state index is 0.0771. The van der Waals surface area contributed by atoms with E-state index in [1.54, 1.807) is 6.08 Å².